The smallest absolute Gasteiger partial charge is 0.240 e. The van der Waals surface area contributed by atoms with Crippen molar-refractivity contribution in [3.63, 3.8) is 0 Å². The Kier molecular flexibility index (Phi) is 2.33. The Labute approximate surface area is 90.4 Å². The van der Waals surface area contributed by atoms with Crippen LogP contribution in [0.5, 0.6) is 5.75 Å². The summed E-state index contributed by atoms with van der Waals surface area (Å²) < 4.78 is 22.5. The fourth-order valence-corrected chi connectivity index (χ4v) is 1.87. The molecule has 0 spiro atoms. The lowest BCUT2D eigenvalue weighted by Crippen LogP contribution is -2.16. The second-order valence-corrected chi connectivity index (χ2v) is 4.45. The molecule has 0 aliphatic carbocycles. The number of aromatic hydroxyl groups is 1. The first-order valence-corrected chi connectivity index (χ1v) is 5.62. The molecule has 0 saturated carbocycles. The molecule has 0 atom stereocenters. The van der Waals surface area contributed by atoms with Crippen LogP contribution in [-0.4, -0.2) is 33.7 Å². The molecule has 0 radical (unpaired) electrons. The molecule has 16 heavy (non-hydrogen) atoms. The molecule has 2 rings (SSSR count). The first-order valence-electron chi connectivity index (χ1n) is 4.07. The molecule has 1 heterocycles. The third-order valence-electron chi connectivity index (χ3n) is 1.81. The highest BCUT2D eigenvalue weighted by atomic mass is 32.2. The van der Waals surface area contributed by atoms with Gasteiger partial charge < -0.3 is 5.11 Å². The number of nitrogens with two attached hydrogens (primary N) is 1. The Balaban J connectivity index is 2.73. The summed E-state index contributed by atoms with van der Waals surface area (Å²) in [5.41, 5.74) is 0.0417. The van der Waals surface area contributed by atoms with Crippen molar-refractivity contribution in [3.8, 4) is 11.4 Å². The number of rotatable bonds is 2. The highest BCUT2D eigenvalue weighted by Gasteiger charge is 2.17. The quantitative estimate of drug-likeness (QED) is 0.696. The van der Waals surface area contributed by atoms with Crippen molar-refractivity contribution >= 4 is 10.0 Å². The van der Waals surface area contributed by atoms with Gasteiger partial charge in [-0.25, -0.2) is 13.6 Å². The number of tetrazole rings is 1. The Bertz CT molecular complexity index is 607. The lowest BCUT2D eigenvalue weighted by molar-refractivity contribution is 0.473. The third-order valence-corrected chi connectivity index (χ3v) is 2.77. The van der Waals surface area contributed by atoms with Crippen LogP contribution in [0.3, 0.4) is 0 Å². The molecule has 8 nitrogen and oxygen atoms in total. The maximum atomic E-state index is 11.3. The lowest BCUT2D eigenvalue weighted by Gasteiger charge is -2.05. The Morgan fingerprint density at radius 2 is 2.12 bits per heavy atom. The lowest BCUT2D eigenvalue weighted by atomic mass is 10.3. The van der Waals surface area contributed by atoms with Gasteiger partial charge in [-0.2, -0.15) is 0 Å². The Hall–Kier alpha value is -2.00. The van der Waals surface area contributed by atoms with Gasteiger partial charge in [-0.3, -0.25) is 0 Å². The number of nitrogens with zero attached hydrogens (tertiary/aromatic N) is 4. The van der Waals surface area contributed by atoms with E-state index in [1.54, 1.807) is 0 Å². The van der Waals surface area contributed by atoms with E-state index < -0.39 is 10.0 Å². The van der Waals surface area contributed by atoms with Gasteiger partial charge in [0.15, 0.2) is 6.33 Å². The molecule has 0 amide bonds. The van der Waals surface area contributed by atoms with Crippen molar-refractivity contribution in [2.75, 3.05) is 0 Å². The summed E-state index contributed by atoms with van der Waals surface area (Å²) >= 11 is 0. The number of aromatic nitrogens is 4. The van der Waals surface area contributed by atoms with E-state index in [4.69, 9.17) is 5.14 Å². The predicted octanol–water partition coefficient (Wildman–Crippen LogP) is -0.985. The van der Waals surface area contributed by atoms with Crippen molar-refractivity contribution < 1.29 is 13.5 Å². The molecular formula is C7H7N5O3S. The molecule has 3 N–H and O–H groups in total. The zero-order valence-corrected chi connectivity index (χ0v) is 8.66. The molecule has 0 unspecified atom stereocenters. The minimum absolute atomic E-state index is 0.0417. The molecular weight excluding hydrogens is 234 g/mol. The maximum absolute atomic E-state index is 11.3. The van der Waals surface area contributed by atoms with Gasteiger partial charge >= 0.3 is 0 Å². The Morgan fingerprint density at radius 3 is 2.69 bits per heavy atom. The standard InChI is InChI=1S/C7H7N5O3S/c8-16(14,15)7-2-1-5(13)3-6(7)12-10-4-9-11-12/h1-4,13H,(H2,8,14,15). The summed E-state index contributed by atoms with van der Waals surface area (Å²) in [4.78, 5) is 0.766. The molecule has 1 aromatic carbocycles. The van der Waals surface area contributed by atoms with Crippen molar-refractivity contribution in [2.24, 2.45) is 5.14 Å². The van der Waals surface area contributed by atoms with Crippen LogP contribution in [0, 0.1) is 0 Å². The van der Waals surface area contributed by atoms with Crippen LogP contribution in [-0.2, 0) is 10.0 Å². The van der Waals surface area contributed by atoms with Crippen molar-refractivity contribution in [1.29, 1.82) is 0 Å². The fraction of sp³-hybridized carbons (Fsp3) is 0. The monoisotopic (exact) mass is 241 g/mol. The summed E-state index contributed by atoms with van der Waals surface area (Å²) in [6.07, 6.45) is 1.14. The van der Waals surface area contributed by atoms with Crippen LogP contribution in [0.15, 0.2) is 29.4 Å². The normalized spacial score (nSPS) is 11.6. The van der Waals surface area contributed by atoms with Gasteiger partial charge in [0.25, 0.3) is 0 Å². The fourth-order valence-electron chi connectivity index (χ4n) is 1.18. The van der Waals surface area contributed by atoms with Crippen molar-refractivity contribution in [1.82, 2.24) is 20.2 Å². The number of phenolic OH excluding ortho intramolecular Hbond substituents is 1. The van der Waals surface area contributed by atoms with E-state index in [0.29, 0.717) is 0 Å². The highest BCUT2D eigenvalue weighted by molar-refractivity contribution is 7.89. The van der Waals surface area contributed by atoms with Crippen LogP contribution in [0.25, 0.3) is 5.69 Å². The van der Waals surface area contributed by atoms with E-state index >= 15 is 0 Å². The SMILES string of the molecule is NS(=O)(=O)c1ccc(O)cc1-n1ncnn1. The first kappa shape index (κ1) is 10.5. The highest BCUT2D eigenvalue weighted by Crippen LogP contribution is 2.22. The third kappa shape index (κ3) is 1.85. The average molecular weight is 241 g/mol. The molecule has 9 heteroatoms. The maximum Gasteiger partial charge on any atom is 0.240 e. The number of primary sulfonamides is 1. The van der Waals surface area contributed by atoms with Gasteiger partial charge in [-0.1, -0.05) is 0 Å². The number of benzene rings is 1. The van der Waals surface area contributed by atoms with Crippen LogP contribution >= 0.6 is 0 Å². The molecule has 0 aliphatic rings. The van der Waals surface area contributed by atoms with Crippen molar-refractivity contribution in [3.05, 3.63) is 24.5 Å². The second-order valence-electron chi connectivity index (χ2n) is 2.92. The molecule has 0 aliphatic heterocycles. The minimum atomic E-state index is -3.92. The zero-order chi connectivity index (χ0) is 11.8. The molecule has 0 saturated heterocycles. The predicted molar refractivity (Wildman–Crippen MR) is 52.2 cm³/mol. The molecule has 2 aromatic rings. The van der Waals surface area contributed by atoms with Crippen LogP contribution < -0.4 is 5.14 Å². The summed E-state index contributed by atoms with van der Waals surface area (Å²) in [5, 5.41) is 24.9. The first-order chi connectivity index (χ1) is 7.48. The Morgan fingerprint density at radius 1 is 1.38 bits per heavy atom. The number of hydrogen-bond acceptors (Lipinski definition) is 6. The average Bonchev–Trinajstić information content (AvgIpc) is 2.68. The van der Waals surface area contributed by atoms with E-state index in [1.807, 2.05) is 0 Å². The summed E-state index contributed by atoms with van der Waals surface area (Å²) in [5.74, 6) is -0.125. The molecule has 1 aromatic heterocycles. The number of sulfonamides is 1. The van der Waals surface area contributed by atoms with Gasteiger partial charge in [0.05, 0.1) is 0 Å². The number of phenols is 1. The summed E-state index contributed by atoms with van der Waals surface area (Å²) in [6.45, 7) is 0. The van der Waals surface area contributed by atoms with Crippen LogP contribution in [0.1, 0.15) is 0 Å². The molecule has 84 valence electrons. The van der Waals surface area contributed by atoms with Gasteiger partial charge in [0.1, 0.15) is 16.3 Å². The van der Waals surface area contributed by atoms with Gasteiger partial charge in [0, 0.05) is 6.07 Å². The van der Waals surface area contributed by atoms with E-state index in [9.17, 15) is 13.5 Å². The minimum Gasteiger partial charge on any atom is -0.508 e. The molecule has 0 fully saturated rings. The van der Waals surface area contributed by atoms with Gasteiger partial charge in [-0.05, 0) is 17.3 Å². The van der Waals surface area contributed by atoms with Crippen molar-refractivity contribution in [2.45, 2.75) is 4.90 Å². The van der Waals surface area contributed by atoms with Gasteiger partial charge in [0.2, 0.25) is 10.0 Å². The largest absolute Gasteiger partial charge is 0.508 e. The second kappa shape index (κ2) is 3.54. The van der Waals surface area contributed by atoms with E-state index in [2.05, 4.69) is 15.4 Å². The topological polar surface area (TPSA) is 124 Å². The van der Waals surface area contributed by atoms with E-state index in [-0.39, 0.29) is 16.3 Å². The van der Waals surface area contributed by atoms with Gasteiger partial charge in [-0.15, -0.1) is 15.0 Å². The summed E-state index contributed by atoms with van der Waals surface area (Å²) in [7, 11) is -3.92. The van der Waals surface area contributed by atoms with Crippen LogP contribution in [0.4, 0.5) is 0 Å². The van der Waals surface area contributed by atoms with E-state index in [0.717, 1.165) is 11.1 Å². The number of hydrogen-bond donors (Lipinski definition) is 2. The molecule has 0 bridgehead atoms. The zero-order valence-electron chi connectivity index (χ0n) is 7.85. The van der Waals surface area contributed by atoms with E-state index in [1.165, 1.54) is 18.2 Å². The van der Waals surface area contributed by atoms with Crippen LogP contribution in [0.2, 0.25) is 0 Å². The summed E-state index contributed by atoms with van der Waals surface area (Å²) in [6, 6.07) is 3.56.